The number of carbonyl (C=O) groups excluding carboxylic acids is 1. The van der Waals surface area contributed by atoms with Crippen LogP contribution in [0.25, 0.3) is 10.2 Å². The normalized spacial score (nSPS) is 10.7. The summed E-state index contributed by atoms with van der Waals surface area (Å²) in [6.45, 7) is 0.267. The summed E-state index contributed by atoms with van der Waals surface area (Å²) < 4.78 is 6.20. The van der Waals surface area contributed by atoms with E-state index in [1.807, 2.05) is 36.4 Å². The number of fused-ring (bicyclic) bond motifs is 1. The van der Waals surface area contributed by atoms with E-state index in [0.29, 0.717) is 16.4 Å². The van der Waals surface area contributed by atoms with Crippen LogP contribution in [0.15, 0.2) is 66.9 Å². The number of benzene rings is 2. The van der Waals surface area contributed by atoms with Crippen molar-refractivity contribution in [2.24, 2.45) is 0 Å². The van der Waals surface area contributed by atoms with Crippen molar-refractivity contribution in [3.63, 3.8) is 0 Å². The van der Waals surface area contributed by atoms with Crippen LogP contribution in [-0.4, -0.2) is 27.9 Å². The van der Waals surface area contributed by atoms with Crippen LogP contribution in [0.1, 0.15) is 11.3 Å². The van der Waals surface area contributed by atoms with Crippen molar-refractivity contribution in [1.29, 1.82) is 0 Å². The van der Waals surface area contributed by atoms with Gasteiger partial charge in [-0.25, -0.2) is 4.98 Å². The van der Waals surface area contributed by atoms with Gasteiger partial charge in [-0.2, -0.15) is 0 Å². The highest BCUT2D eigenvalue weighted by Crippen LogP contribution is 2.32. The Kier molecular flexibility index (Phi) is 5.85. The van der Waals surface area contributed by atoms with E-state index < -0.39 is 4.92 Å². The first kappa shape index (κ1) is 20.4. The highest BCUT2D eigenvalue weighted by molar-refractivity contribution is 7.22. The molecule has 0 unspecified atom stereocenters. The summed E-state index contributed by atoms with van der Waals surface area (Å²) in [7, 11) is 1.59. The van der Waals surface area contributed by atoms with E-state index in [1.165, 1.54) is 23.5 Å². The molecule has 0 aliphatic carbocycles. The molecule has 2 aromatic heterocycles. The molecule has 156 valence electrons. The van der Waals surface area contributed by atoms with Crippen LogP contribution in [0.5, 0.6) is 5.75 Å². The van der Waals surface area contributed by atoms with Crippen molar-refractivity contribution in [3.8, 4) is 5.75 Å². The second-order valence-electron chi connectivity index (χ2n) is 6.73. The molecule has 0 aliphatic rings. The number of pyridine rings is 1. The van der Waals surface area contributed by atoms with Crippen LogP contribution < -0.4 is 9.64 Å². The Bertz CT molecular complexity index is 1230. The standard InChI is InChI=1S/C22H18N4O4S/c1-30-18-9-10-20-19(13-18)24-22(31-20)25(14-16-4-2-3-11-23-16)21(27)12-15-5-7-17(8-6-15)26(28)29/h2-11,13H,12,14H2,1H3. The maximum Gasteiger partial charge on any atom is 0.269 e. The fourth-order valence-corrected chi connectivity index (χ4v) is 4.02. The Morgan fingerprint density at radius 2 is 1.97 bits per heavy atom. The molecule has 2 aromatic carbocycles. The minimum absolute atomic E-state index is 0.0124. The van der Waals surface area contributed by atoms with Crippen LogP contribution in [-0.2, 0) is 17.8 Å². The smallest absolute Gasteiger partial charge is 0.269 e. The summed E-state index contributed by atoms with van der Waals surface area (Å²) in [6, 6.07) is 17.1. The Morgan fingerprint density at radius 1 is 1.16 bits per heavy atom. The number of nitrogens with zero attached hydrogens (tertiary/aromatic N) is 4. The van der Waals surface area contributed by atoms with Gasteiger partial charge in [-0.1, -0.05) is 29.5 Å². The molecular weight excluding hydrogens is 416 g/mol. The SMILES string of the molecule is COc1ccc2sc(N(Cc3ccccn3)C(=O)Cc3ccc([N+](=O)[O-])cc3)nc2c1. The molecule has 0 aliphatic heterocycles. The molecule has 31 heavy (non-hydrogen) atoms. The van der Waals surface area contributed by atoms with E-state index in [0.717, 1.165) is 15.9 Å². The number of non-ortho nitro benzene ring substituents is 1. The predicted octanol–water partition coefficient (Wildman–Crippen LogP) is 4.38. The lowest BCUT2D eigenvalue weighted by Crippen LogP contribution is -2.32. The number of carbonyl (C=O) groups is 1. The number of amides is 1. The lowest BCUT2D eigenvalue weighted by Gasteiger charge is -2.19. The Morgan fingerprint density at radius 3 is 2.65 bits per heavy atom. The van der Waals surface area contributed by atoms with E-state index in [4.69, 9.17) is 4.74 Å². The number of nitro groups is 1. The van der Waals surface area contributed by atoms with Gasteiger partial charge in [0.05, 0.1) is 40.9 Å². The molecule has 0 N–H and O–H groups in total. The number of thiazole rings is 1. The van der Waals surface area contributed by atoms with Gasteiger partial charge in [-0.3, -0.25) is 24.8 Å². The number of nitro benzene ring substituents is 1. The maximum absolute atomic E-state index is 13.2. The Labute approximate surface area is 181 Å². The second kappa shape index (κ2) is 8.88. The first-order chi connectivity index (χ1) is 15.0. The number of rotatable bonds is 7. The molecule has 8 nitrogen and oxygen atoms in total. The van der Waals surface area contributed by atoms with Gasteiger partial charge in [0.1, 0.15) is 5.75 Å². The number of ether oxygens (including phenoxy) is 1. The minimum Gasteiger partial charge on any atom is -0.497 e. The molecule has 4 aromatic rings. The van der Waals surface area contributed by atoms with E-state index in [9.17, 15) is 14.9 Å². The Hall–Kier alpha value is -3.85. The third-order valence-electron chi connectivity index (χ3n) is 4.66. The monoisotopic (exact) mass is 434 g/mol. The zero-order valence-corrected chi connectivity index (χ0v) is 17.4. The van der Waals surface area contributed by atoms with Crippen LogP contribution in [0, 0.1) is 10.1 Å². The van der Waals surface area contributed by atoms with Gasteiger partial charge in [-0.05, 0) is 29.8 Å². The molecule has 0 saturated heterocycles. The van der Waals surface area contributed by atoms with Crippen molar-refractivity contribution in [2.75, 3.05) is 12.0 Å². The zero-order valence-electron chi connectivity index (χ0n) is 16.6. The molecule has 0 saturated carbocycles. The van der Waals surface area contributed by atoms with Gasteiger partial charge in [0.25, 0.3) is 5.69 Å². The molecular formula is C22H18N4O4S. The molecule has 2 heterocycles. The highest BCUT2D eigenvalue weighted by atomic mass is 32.1. The number of hydrogen-bond acceptors (Lipinski definition) is 7. The average Bonchev–Trinajstić information content (AvgIpc) is 3.21. The van der Waals surface area contributed by atoms with Crippen LogP contribution in [0.2, 0.25) is 0 Å². The van der Waals surface area contributed by atoms with Gasteiger partial charge in [0, 0.05) is 24.4 Å². The number of aromatic nitrogens is 2. The summed E-state index contributed by atoms with van der Waals surface area (Å²) in [5.41, 5.74) is 2.15. The third kappa shape index (κ3) is 4.67. The van der Waals surface area contributed by atoms with E-state index in [-0.39, 0.29) is 24.6 Å². The molecule has 1 amide bonds. The number of hydrogen-bond donors (Lipinski definition) is 0. The van der Waals surface area contributed by atoms with Crippen molar-refractivity contribution in [1.82, 2.24) is 9.97 Å². The molecule has 0 fully saturated rings. The molecule has 0 spiro atoms. The second-order valence-corrected chi connectivity index (χ2v) is 7.74. The largest absolute Gasteiger partial charge is 0.497 e. The Balaban J connectivity index is 1.65. The fourth-order valence-electron chi connectivity index (χ4n) is 3.06. The van der Waals surface area contributed by atoms with Gasteiger partial charge in [-0.15, -0.1) is 0 Å². The van der Waals surface area contributed by atoms with E-state index >= 15 is 0 Å². The quantitative estimate of drug-likeness (QED) is 0.316. The van der Waals surface area contributed by atoms with Crippen LogP contribution >= 0.6 is 11.3 Å². The topological polar surface area (TPSA) is 98.5 Å². The van der Waals surface area contributed by atoms with Crippen molar-refractivity contribution < 1.29 is 14.5 Å². The zero-order chi connectivity index (χ0) is 21.8. The number of anilines is 1. The lowest BCUT2D eigenvalue weighted by atomic mass is 10.1. The summed E-state index contributed by atoms with van der Waals surface area (Å²) in [4.78, 5) is 34.2. The van der Waals surface area contributed by atoms with Gasteiger partial charge < -0.3 is 4.74 Å². The third-order valence-corrected chi connectivity index (χ3v) is 5.72. The first-order valence-electron chi connectivity index (χ1n) is 9.41. The molecule has 0 atom stereocenters. The maximum atomic E-state index is 13.2. The van der Waals surface area contributed by atoms with Crippen LogP contribution in [0.3, 0.4) is 0 Å². The molecule has 0 radical (unpaired) electrons. The number of methoxy groups -OCH3 is 1. The summed E-state index contributed by atoms with van der Waals surface area (Å²) in [5, 5.41) is 11.4. The highest BCUT2D eigenvalue weighted by Gasteiger charge is 2.21. The van der Waals surface area contributed by atoms with Crippen molar-refractivity contribution >= 4 is 38.3 Å². The van der Waals surface area contributed by atoms with Gasteiger partial charge in [0.2, 0.25) is 5.91 Å². The minimum atomic E-state index is -0.464. The van der Waals surface area contributed by atoms with Crippen molar-refractivity contribution in [2.45, 2.75) is 13.0 Å². The summed E-state index contributed by atoms with van der Waals surface area (Å²) in [5.74, 6) is 0.517. The molecule has 4 rings (SSSR count). The predicted molar refractivity (Wildman–Crippen MR) is 118 cm³/mol. The molecule has 9 heteroatoms. The summed E-state index contributed by atoms with van der Waals surface area (Å²) in [6.07, 6.45) is 1.77. The van der Waals surface area contributed by atoms with E-state index in [2.05, 4.69) is 9.97 Å². The van der Waals surface area contributed by atoms with E-state index in [1.54, 1.807) is 30.3 Å². The van der Waals surface area contributed by atoms with Gasteiger partial charge in [0.15, 0.2) is 5.13 Å². The first-order valence-corrected chi connectivity index (χ1v) is 10.2. The molecule has 0 bridgehead atoms. The van der Waals surface area contributed by atoms with Crippen LogP contribution in [0.4, 0.5) is 10.8 Å². The summed E-state index contributed by atoms with van der Waals surface area (Å²) >= 11 is 1.41. The van der Waals surface area contributed by atoms with Gasteiger partial charge >= 0.3 is 0 Å². The average molecular weight is 434 g/mol. The van der Waals surface area contributed by atoms with Crippen molar-refractivity contribution in [3.05, 3.63) is 88.2 Å². The lowest BCUT2D eigenvalue weighted by molar-refractivity contribution is -0.384. The fraction of sp³-hybridized carbons (Fsp3) is 0.136.